The maximum atomic E-state index is 13.4. The maximum absolute atomic E-state index is 13.4. The zero-order chi connectivity index (χ0) is 15.0. The summed E-state index contributed by atoms with van der Waals surface area (Å²) in [5, 5.41) is 13.8. The van der Waals surface area contributed by atoms with Gasteiger partial charge in [0.15, 0.2) is 6.61 Å². The molecule has 0 spiro atoms. The van der Waals surface area contributed by atoms with Crippen molar-refractivity contribution in [2.75, 3.05) is 13.2 Å². The Hall–Kier alpha value is -2.13. The van der Waals surface area contributed by atoms with Crippen molar-refractivity contribution >= 4 is 5.91 Å². The van der Waals surface area contributed by atoms with Crippen LogP contribution >= 0.6 is 0 Å². The zero-order valence-corrected chi connectivity index (χ0v) is 11.6. The van der Waals surface area contributed by atoms with Crippen LogP contribution in [-0.2, 0) is 11.3 Å². The van der Waals surface area contributed by atoms with E-state index in [9.17, 15) is 9.18 Å². The van der Waals surface area contributed by atoms with Crippen molar-refractivity contribution in [2.45, 2.75) is 26.4 Å². The van der Waals surface area contributed by atoms with Gasteiger partial charge in [-0.15, -0.1) is 0 Å². The summed E-state index contributed by atoms with van der Waals surface area (Å²) in [6.07, 6.45) is 0. The highest BCUT2D eigenvalue weighted by Gasteiger charge is 2.05. The van der Waals surface area contributed by atoms with Gasteiger partial charge in [-0.25, -0.2) is 4.39 Å². The van der Waals surface area contributed by atoms with Gasteiger partial charge in [-0.3, -0.25) is 4.79 Å². The van der Waals surface area contributed by atoms with Crippen LogP contribution in [0.3, 0.4) is 0 Å². The summed E-state index contributed by atoms with van der Waals surface area (Å²) in [7, 11) is 0. The van der Waals surface area contributed by atoms with E-state index in [2.05, 4.69) is 10.6 Å². The van der Waals surface area contributed by atoms with E-state index in [-0.39, 0.29) is 18.9 Å². The minimum absolute atomic E-state index is 0.0745. The third kappa shape index (κ3) is 6.16. The lowest BCUT2D eigenvalue weighted by molar-refractivity contribution is -0.122. The fraction of sp³-hybridized carbons (Fsp3) is 0.429. The van der Waals surface area contributed by atoms with Crippen LogP contribution in [0, 0.1) is 17.1 Å². The normalized spacial score (nSPS) is 10.2. The summed E-state index contributed by atoms with van der Waals surface area (Å²) >= 11 is 0. The van der Waals surface area contributed by atoms with Crippen molar-refractivity contribution in [3.8, 4) is 11.8 Å². The van der Waals surface area contributed by atoms with Gasteiger partial charge < -0.3 is 15.4 Å². The molecule has 1 aromatic carbocycles. The molecule has 108 valence electrons. The highest BCUT2D eigenvalue weighted by atomic mass is 19.1. The minimum Gasteiger partial charge on any atom is -0.484 e. The maximum Gasteiger partial charge on any atom is 0.258 e. The van der Waals surface area contributed by atoms with Crippen LogP contribution in [0.25, 0.3) is 0 Å². The van der Waals surface area contributed by atoms with Gasteiger partial charge in [-0.2, -0.15) is 5.26 Å². The second-order valence-electron chi connectivity index (χ2n) is 4.55. The van der Waals surface area contributed by atoms with Crippen LogP contribution in [0.15, 0.2) is 18.2 Å². The van der Waals surface area contributed by atoms with Gasteiger partial charge >= 0.3 is 0 Å². The van der Waals surface area contributed by atoms with E-state index in [0.29, 0.717) is 12.6 Å². The van der Waals surface area contributed by atoms with Gasteiger partial charge in [0.25, 0.3) is 5.91 Å². The lowest BCUT2D eigenvalue weighted by Gasteiger charge is -2.11. The lowest BCUT2D eigenvalue weighted by Crippen LogP contribution is -2.29. The molecule has 1 aromatic rings. The molecule has 0 heterocycles. The zero-order valence-electron chi connectivity index (χ0n) is 11.6. The van der Waals surface area contributed by atoms with Crippen LogP contribution < -0.4 is 15.4 Å². The van der Waals surface area contributed by atoms with Crippen LogP contribution in [-0.4, -0.2) is 25.1 Å². The quantitative estimate of drug-likeness (QED) is 0.739. The molecule has 0 saturated carbocycles. The number of ether oxygens (including phenoxy) is 1. The number of halogens is 1. The van der Waals surface area contributed by atoms with Gasteiger partial charge in [0, 0.05) is 18.7 Å². The van der Waals surface area contributed by atoms with Crippen molar-refractivity contribution < 1.29 is 13.9 Å². The van der Waals surface area contributed by atoms with E-state index in [1.807, 2.05) is 13.8 Å². The topological polar surface area (TPSA) is 74.2 Å². The number of hydrogen-bond donors (Lipinski definition) is 2. The predicted octanol–water partition coefficient (Wildman–Crippen LogP) is 1.34. The van der Waals surface area contributed by atoms with Crippen molar-refractivity contribution in [1.82, 2.24) is 10.6 Å². The molecule has 20 heavy (non-hydrogen) atoms. The first-order valence-electron chi connectivity index (χ1n) is 6.30. The fourth-order valence-electron chi connectivity index (χ4n) is 1.47. The van der Waals surface area contributed by atoms with Crippen LogP contribution in [0.1, 0.15) is 19.4 Å². The molecule has 0 fully saturated rings. The Kier molecular flexibility index (Phi) is 6.47. The largest absolute Gasteiger partial charge is 0.484 e. The first kappa shape index (κ1) is 15.9. The molecule has 2 N–H and O–H groups in total. The molecule has 0 bridgehead atoms. The number of carbonyl (C=O) groups is 1. The SMILES string of the molecule is CC(C)NCc1cc(F)cc(OCC(=O)NCC#N)c1. The first-order chi connectivity index (χ1) is 9.51. The van der Waals surface area contributed by atoms with Gasteiger partial charge in [0.05, 0.1) is 6.07 Å². The molecule has 0 aliphatic heterocycles. The summed E-state index contributed by atoms with van der Waals surface area (Å²) in [5.41, 5.74) is 0.742. The van der Waals surface area contributed by atoms with Gasteiger partial charge in [0.2, 0.25) is 0 Å². The molecule has 0 atom stereocenters. The Balaban J connectivity index is 2.57. The van der Waals surface area contributed by atoms with Crippen molar-refractivity contribution in [2.24, 2.45) is 0 Å². The summed E-state index contributed by atoms with van der Waals surface area (Å²) in [6, 6.07) is 6.39. The molecule has 1 amide bonds. The monoisotopic (exact) mass is 279 g/mol. The molecule has 1 rings (SSSR count). The number of rotatable bonds is 7. The highest BCUT2D eigenvalue weighted by molar-refractivity contribution is 5.77. The first-order valence-corrected chi connectivity index (χ1v) is 6.30. The Bertz CT molecular complexity index is 498. The molecule has 0 aliphatic carbocycles. The molecule has 0 unspecified atom stereocenters. The molecule has 0 aliphatic rings. The highest BCUT2D eigenvalue weighted by Crippen LogP contribution is 2.16. The van der Waals surface area contributed by atoms with E-state index < -0.39 is 11.7 Å². The summed E-state index contributed by atoms with van der Waals surface area (Å²) < 4.78 is 18.6. The van der Waals surface area contributed by atoms with Crippen molar-refractivity contribution in [3.05, 3.63) is 29.6 Å². The number of carbonyl (C=O) groups excluding carboxylic acids is 1. The van der Waals surface area contributed by atoms with Crippen LogP contribution in [0.4, 0.5) is 4.39 Å². The van der Waals surface area contributed by atoms with Gasteiger partial charge in [-0.1, -0.05) is 13.8 Å². The second kappa shape index (κ2) is 8.12. The summed E-state index contributed by atoms with van der Waals surface area (Å²) in [5.74, 6) is -0.546. The third-order valence-corrected chi connectivity index (χ3v) is 2.38. The Morgan fingerprint density at radius 2 is 2.20 bits per heavy atom. The molecule has 0 aromatic heterocycles. The number of nitriles is 1. The van der Waals surface area contributed by atoms with Crippen molar-refractivity contribution in [3.63, 3.8) is 0 Å². The molecular weight excluding hydrogens is 261 g/mol. The Labute approximate surface area is 117 Å². The Morgan fingerprint density at radius 1 is 1.45 bits per heavy atom. The van der Waals surface area contributed by atoms with Gasteiger partial charge in [0.1, 0.15) is 18.1 Å². The predicted molar refractivity (Wildman–Crippen MR) is 72.5 cm³/mol. The fourth-order valence-corrected chi connectivity index (χ4v) is 1.47. The van der Waals surface area contributed by atoms with E-state index in [1.54, 1.807) is 12.1 Å². The smallest absolute Gasteiger partial charge is 0.258 e. The molecule has 0 radical (unpaired) electrons. The number of amides is 1. The van der Waals surface area contributed by atoms with Crippen LogP contribution in [0.2, 0.25) is 0 Å². The average molecular weight is 279 g/mol. The number of nitrogens with zero attached hydrogens (tertiary/aromatic N) is 1. The van der Waals surface area contributed by atoms with Gasteiger partial charge in [-0.05, 0) is 17.7 Å². The van der Waals surface area contributed by atoms with E-state index in [0.717, 1.165) is 5.56 Å². The minimum atomic E-state index is -0.419. The molecule has 5 nitrogen and oxygen atoms in total. The number of nitrogens with one attached hydrogen (secondary N) is 2. The lowest BCUT2D eigenvalue weighted by atomic mass is 10.2. The molecular formula is C14H18FN3O2. The average Bonchev–Trinajstić information content (AvgIpc) is 2.40. The number of benzene rings is 1. The number of hydrogen-bond acceptors (Lipinski definition) is 4. The summed E-state index contributed by atoms with van der Waals surface area (Å²) in [6.45, 7) is 4.19. The van der Waals surface area contributed by atoms with E-state index >= 15 is 0 Å². The van der Waals surface area contributed by atoms with Crippen LogP contribution in [0.5, 0.6) is 5.75 Å². The van der Waals surface area contributed by atoms with Crippen molar-refractivity contribution in [1.29, 1.82) is 5.26 Å². The third-order valence-electron chi connectivity index (χ3n) is 2.38. The Morgan fingerprint density at radius 3 is 2.85 bits per heavy atom. The van der Waals surface area contributed by atoms with E-state index in [1.165, 1.54) is 12.1 Å². The molecule has 0 saturated heterocycles. The summed E-state index contributed by atoms with van der Waals surface area (Å²) in [4.78, 5) is 11.3. The standard InChI is InChI=1S/C14H18FN3O2/c1-10(2)18-8-11-5-12(15)7-13(6-11)20-9-14(19)17-4-3-16/h5-7,10,18H,4,8-9H2,1-2H3,(H,17,19). The van der Waals surface area contributed by atoms with E-state index in [4.69, 9.17) is 10.00 Å². The second-order valence-corrected chi connectivity index (χ2v) is 4.55. The molecule has 6 heteroatoms.